The predicted molar refractivity (Wildman–Crippen MR) is 73.1 cm³/mol. The number of ether oxygens (including phenoxy) is 1. The zero-order chi connectivity index (χ0) is 13.4. The first-order chi connectivity index (χ1) is 8.67. The smallest absolute Gasteiger partial charge is 0.123 e. The molecule has 0 spiro atoms. The Morgan fingerprint density at radius 2 is 1.94 bits per heavy atom. The van der Waals surface area contributed by atoms with Crippen LogP contribution < -0.4 is 5.32 Å². The summed E-state index contributed by atoms with van der Waals surface area (Å²) in [7, 11) is 1.73. The minimum atomic E-state index is -0.182. The van der Waals surface area contributed by atoms with Crippen molar-refractivity contribution < 1.29 is 9.13 Å². The maximum absolute atomic E-state index is 12.9. The average molecular weight is 253 g/mol. The monoisotopic (exact) mass is 253 g/mol. The number of nitrogens with one attached hydrogen (secondary N) is 1. The van der Waals surface area contributed by atoms with Crippen LogP contribution in [-0.2, 0) is 4.74 Å². The lowest BCUT2D eigenvalue weighted by molar-refractivity contribution is 0.149. The fourth-order valence-electron chi connectivity index (χ4n) is 2.11. The van der Waals surface area contributed by atoms with Crippen molar-refractivity contribution in [2.75, 3.05) is 20.3 Å². The van der Waals surface area contributed by atoms with Gasteiger partial charge in [0.2, 0.25) is 0 Å². The van der Waals surface area contributed by atoms with Gasteiger partial charge in [0.15, 0.2) is 0 Å². The van der Waals surface area contributed by atoms with Crippen LogP contribution in [0.15, 0.2) is 24.3 Å². The van der Waals surface area contributed by atoms with E-state index in [-0.39, 0.29) is 11.9 Å². The maximum atomic E-state index is 12.9. The lowest BCUT2D eigenvalue weighted by Gasteiger charge is -2.22. The fraction of sp³-hybridized carbons (Fsp3) is 0.600. The Bertz CT molecular complexity index is 326. The van der Waals surface area contributed by atoms with Gasteiger partial charge in [0.1, 0.15) is 5.82 Å². The van der Waals surface area contributed by atoms with Crippen LogP contribution in [0, 0.1) is 11.7 Å². The maximum Gasteiger partial charge on any atom is 0.123 e. The van der Waals surface area contributed by atoms with E-state index in [0.29, 0.717) is 5.92 Å². The van der Waals surface area contributed by atoms with Gasteiger partial charge in [0.25, 0.3) is 0 Å². The summed E-state index contributed by atoms with van der Waals surface area (Å²) >= 11 is 0. The van der Waals surface area contributed by atoms with Crippen molar-refractivity contribution in [1.29, 1.82) is 0 Å². The Labute approximate surface area is 110 Å². The largest absolute Gasteiger partial charge is 0.384 e. The number of methoxy groups -OCH3 is 1. The molecule has 0 aliphatic rings. The molecule has 1 N–H and O–H groups in total. The number of halogens is 1. The van der Waals surface area contributed by atoms with E-state index in [2.05, 4.69) is 19.2 Å². The van der Waals surface area contributed by atoms with Crippen LogP contribution in [0.4, 0.5) is 4.39 Å². The number of hydrogen-bond donors (Lipinski definition) is 1. The van der Waals surface area contributed by atoms with Gasteiger partial charge in [-0.15, -0.1) is 0 Å². The van der Waals surface area contributed by atoms with E-state index in [0.717, 1.165) is 31.6 Å². The fourth-order valence-corrected chi connectivity index (χ4v) is 2.11. The van der Waals surface area contributed by atoms with Crippen molar-refractivity contribution in [3.8, 4) is 0 Å². The molecular formula is C15H24FNO. The van der Waals surface area contributed by atoms with Gasteiger partial charge in [-0.05, 0) is 43.0 Å². The Balaban J connectivity index is 2.67. The SMILES string of the molecule is CCCNC(CC(C)COC)c1ccc(F)cc1. The highest BCUT2D eigenvalue weighted by atomic mass is 19.1. The minimum absolute atomic E-state index is 0.182. The quantitative estimate of drug-likeness (QED) is 0.765. The van der Waals surface area contributed by atoms with E-state index in [1.54, 1.807) is 7.11 Å². The zero-order valence-corrected chi connectivity index (χ0v) is 11.6. The first-order valence-corrected chi connectivity index (χ1v) is 6.65. The standard InChI is InChI=1S/C15H24FNO/c1-4-9-17-15(10-12(2)11-18-3)13-5-7-14(16)8-6-13/h5-8,12,15,17H,4,9-11H2,1-3H3. The van der Waals surface area contributed by atoms with Crippen LogP contribution in [0.1, 0.15) is 38.3 Å². The summed E-state index contributed by atoms with van der Waals surface area (Å²) in [5.74, 6) is 0.298. The van der Waals surface area contributed by atoms with Crippen LogP contribution >= 0.6 is 0 Å². The molecule has 0 amide bonds. The summed E-state index contributed by atoms with van der Waals surface area (Å²) < 4.78 is 18.1. The third-order valence-electron chi connectivity index (χ3n) is 3.00. The summed E-state index contributed by atoms with van der Waals surface area (Å²) in [6.07, 6.45) is 2.09. The molecule has 2 atom stereocenters. The van der Waals surface area contributed by atoms with Crippen molar-refractivity contribution in [3.05, 3.63) is 35.6 Å². The molecule has 2 unspecified atom stereocenters. The van der Waals surface area contributed by atoms with Crippen LogP contribution in [0.3, 0.4) is 0 Å². The minimum Gasteiger partial charge on any atom is -0.384 e. The second kappa shape index (κ2) is 8.22. The molecule has 2 nitrogen and oxygen atoms in total. The molecular weight excluding hydrogens is 229 g/mol. The summed E-state index contributed by atoms with van der Waals surface area (Å²) in [4.78, 5) is 0. The molecule has 0 aliphatic heterocycles. The van der Waals surface area contributed by atoms with Crippen molar-refractivity contribution >= 4 is 0 Å². The molecule has 0 heterocycles. The molecule has 0 radical (unpaired) electrons. The second-order valence-corrected chi connectivity index (χ2v) is 4.85. The Kier molecular flexibility index (Phi) is 6.91. The molecule has 0 aromatic heterocycles. The average Bonchev–Trinajstić information content (AvgIpc) is 2.36. The highest BCUT2D eigenvalue weighted by Crippen LogP contribution is 2.22. The van der Waals surface area contributed by atoms with Crippen LogP contribution in [0.2, 0.25) is 0 Å². The molecule has 18 heavy (non-hydrogen) atoms. The molecule has 0 saturated carbocycles. The number of rotatable bonds is 8. The summed E-state index contributed by atoms with van der Waals surface area (Å²) in [5, 5.41) is 3.52. The summed E-state index contributed by atoms with van der Waals surface area (Å²) in [5.41, 5.74) is 1.15. The molecule has 1 aromatic carbocycles. The van der Waals surface area contributed by atoms with Gasteiger partial charge in [-0.2, -0.15) is 0 Å². The third kappa shape index (κ3) is 5.15. The lowest BCUT2D eigenvalue weighted by Crippen LogP contribution is -2.25. The molecule has 102 valence electrons. The molecule has 0 bridgehead atoms. The van der Waals surface area contributed by atoms with Crippen LogP contribution in [0.25, 0.3) is 0 Å². The van der Waals surface area contributed by atoms with E-state index < -0.39 is 0 Å². The Morgan fingerprint density at radius 3 is 2.50 bits per heavy atom. The first kappa shape index (κ1) is 15.1. The first-order valence-electron chi connectivity index (χ1n) is 6.65. The van der Waals surface area contributed by atoms with Crippen molar-refractivity contribution in [2.45, 2.75) is 32.7 Å². The molecule has 1 aromatic rings. The number of benzene rings is 1. The van der Waals surface area contributed by atoms with E-state index in [1.165, 1.54) is 12.1 Å². The van der Waals surface area contributed by atoms with Gasteiger partial charge < -0.3 is 10.1 Å². The molecule has 0 fully saturated rings. The van der Waals surface area contributed by atoms with Gasteiger partial charge in [-0.1, -0.05) is 26.0 Å². The van der Waals surface area contributed by atoms with Crippen molar-refractivity contribution in [3.63, 3.8) is 0 Å². The lowest BCUT2D eigenvalue weighted by atomic mass is 9.96. The van der Waals surface area contributed by atoms with Crippen molar-refractivity contribution in [2.24, 2.45) is 5.92 Å². The van der Waals surface area contributed by atoms with Crippen LogP contribution in [-0.4, -0.2) is 20.3 Å². The van der Waals surface area contributed by atoms with Gasteiger partial charge in [0.05, 0.1) is 0 Å². The topological polar surface area (TPSA) is 21.3 Å². The third-order valence-corrected chi connectivity index (χ3v) is 3.00. The van der Waals surface area contributed by atoms with E-state index in [9.17, 15) is 4.39 Å². The van der Waals surface area contributed by atoms with E-state index in [1.807, 2.05) is 12.1 Å². The highest BCUT2D eigenvalue weighted by molar-refractivity contribution is 5.20. The summed E-state index contributed by atoms with van der Waals surface area (Å²) in [6.45, 7) is 6.05. The highest BCUT2D eigenvalue weighted by Gasteiger charge is 2.14. The van der Waals surface area contributed by atoms with Gasteiger partial charge >= 0.3 is 0 Å². The van der Waals surface area contributed by atoms with E-state index >= 15 is 0 Å². The Hall–Kier alpha value is -0.930. The molecule has 1 rings (SSSR count). The van der Waals surface area contributed by atoms with Gasteiger partial charge in [0, 0.05) is 19.8 Å². The predicted octanol–water partition coefficient (Wildman–Crippen LogP) is 3.54. The number of hydrogen-bond acceptors (Lipinski definition) is 2. The van der Waals surface area contributed by atoms with E-state index in [4.69, 9.17) is 4.74 Å². The molecule has 0 saturated heterocycles. The molecule has 0 aliphatic carbocycles. The summed E-state index contributed by atoms with van der Waals surface area (Å²) in [6, 6.07) is 7.05. The van der Waals surface area contributed by atoms with Crippen molar-refractivity contribution in [1.82, 2.24) is 5.32 Å². The second-order valence-electron chi connectivity index (χ2n) is 4.85. The molecule has 3 heteroatoms. The van der Waals surface area contributed by atoms with Gasteiger partial charge in [-0.3, -0.25) is 0 Å². The van der Waals surface area contributed by atoms with Crippen LogP contribution in [0.5, 0.6) is 0 Å². The Morgan fingerprint density at radius 1 is 1.28 bits per heavy atom. The van der Waals surface area contributed by atoms with Gasteiger partial charge in [-0.25, -0.2) is 4.39 Å². The zero-order valence-electron chi connectivity index (χ0n) is 11.6. The normalized spacial score (nSPS) is 14.4.